The second-order valence-electron chi connectivity index (χ2n) is 6.35. The van der Waals surface area contributed by atoms with Gasteiger partial charge in [-0.3, -0.25) is 14.4 Å². The Kier molecular flexibility index (Phi) is 7.91. The number of primary amides is 1. The van der Waals surface area contributed by atoms with Crippen LogP contribution in [0.1, 0.15) is 18.1 Å². The molecule has 0 saturated heterocycles. The lowest BCUT2D eigenvalue weighted by Crippen LogP contribution is -2.54. The van der Waals surface area contributed by atoms with Gasteiger partial charge in [-0.05, 0) is 51.9 Å². The number of hydrogen-bond acceptors (Lipinski definition) is 3. The van der Waals surface area contributed by atoms with Crippen molar-refractivity contribution in [2.24, 2.45) is 5.73 Å². The van der Waals surface area contributed by atoms with Crippen molar-refractivity contribution in [3.05, 3.63) is 69.0 Å². The van der Waals surface area contributed by atoms with Crippen LogP contribution in [0.15, 0.2) is 48.5 Å². The minimum atomic E-state index is -0.962. The van der Waals surface area contributed by atoms with E-state index in [0.717, 1.165) is 9.13 Å². The summed E-state index contributed by atoms with van der Waals surface area (Å²) in [5, 5.41) is 5.15. The Hall–Kier alpha value is -2.49. The van der Waals surface area contributed by atoms with Crippen LogP contribution in [-0.2, 0) is 27.2 Å². The number of amides is 3. The largest absolute Gasteiger partial charge is 0.368 e. The first kappa shape index (κ1) is 21.8. The SMILES string of the molecule is CC(=O)N[C@@H](Cc1cccc(F)c1)C(=O)N[C@H](Cc1ccccc1I)C(N)=O. The number of carbonyl (C=O) groups is 3. The number of benzene rings is 2. The third-order valence-corrected chi connectivity index (χ3v) is 5.12. The quantitative estimate of drug-likeness (QED) is 0.484. The van der Waals surface area contributed by atoms with E-state index in [0.29, 0.717) is 5.56 Å². The van der Waals surface area contributed by atoms with E-state index >= 15 is 0 Å². The van der Waals surface area contributed by atoms with Crippen LogP contribution in [0.25, 0.3) is 0 Å². The number of nitrogens with two attached hydrogens (primary N) is 1. The van der Waals surface area contributed by atoms with Crippen molar-refractivity contribution in [1.29, 1.82) is 0 Å². The van der Waals surface area contributed by atoms with Crippen LogP contribution in [-0.4, -0.2) is 29.8 Å². The van der Waals surface area contributed by atoms with E-state index in [2.05, 4.69) is 33.2 Å². The van der Waals surface area contributed by atoms with E-state index in [9.17, 15) is 18.8 Å². The van der Waals surface area contributed by atoms with Gasteiger partial charge in [0.15, 0.2) is 0 Å². The van der Waals surface area contributed by atoms with Crippen LogP contribution in [0.4, 0.5) is 4.39 Å². The van der Waals surface area contributed by atoms with Crippen LogP contribution in [0.3, 0.4) is 0 Å². The zero-order chi connectivity index (χ0) is 20.7. The third-order valence-electron chi connectivity index (χ3n) is 4.06. The lowest BCUT2D eigenvalue weighted by Gasteiger charge is -2.22. The molecule has 2 aromatic rings. The third kappa shape index (κ3) is 6.59. The van der Waals surface area contributed by atoms with E-state index in [-0.39, 0.29) is 12.8 Å². The van der Waals surface area contributed by atoms with Crippen LogP contribution in [0, 0.1) is 9.39 Å². The summed E-state index contributed by atoms with van der Waals surface area (Å²) < 4.78 is 14.4. The molecule has 0 aliphatic heterocycles. The maximum absolute atomic E-state index is 13.4. The Bertz CT molecular complexity index is 875. The highest BCUT2D eigenvalue weighted by molar-refractivity contribution is 14.1. The molecule has 148 valence electrons. The summed E-state index contributed by atoms with van der Waals surface area (Å²) in [7, 11) is 0. The highest BCUT2D eigenvalue weighted by atomic mass is 127. The Morgan fingerprint density at radius 3 is 2.36 bits per heavy atom. The highest BCUT2D eigenvalue weighted by Gasteiger charge is 2.26. The van der Waals surface area contributed by atoms with Gasteiger partial charge in [0.2, 0.25) is 17.7 Å². The van der Waals surface area contributed by atoms with Gasteiger partial charge in [-0.25, -0.2) is 4.39 Å². The summed E-state index contributed by atoms with van der Waals surface area (Å²) in [6.45, 7) is 1.28. The van der Waals surface area contributed by atoms with Crippen LogP contribution >= 0.6 is 22.6 Å². The first-order valence-electron chi connectivity index (χ1n) is 8.61. The molecule has 0 aliphatic carbocycles. The van der Waals surface area contributed by atoms with Gasteiger partial charge in [-0.1, -0.05) is 30.3 Å². The van der Waals surface area contributed by atoms with Gasteiger partial charge >= 0.3 is 0 Å². The number of rotatable bonds is 8. The number of hydrogen-bond donors (Lipinski definition) is 3. The molecule has 4 N–H and O–H groups in total. The fourth-order valence-electron chi connectivity index (χ4n) is 2.73. The van der Waals surface area contributed by atoms with Crippen molar-refractivity contribution in [2.75, 3.05) is 0 Å². The average Bonchev–Trinajstić information content (AvgIpc) is 2.61. The molecule has 0 radical (unpaired) electrons. The van der Waals surface area contributed by atoms with Crippen molar-refractivity contribution in [3.8, 4) is 0 Å². The molecular formula is C20H21FIN3O3. The van der Waals surface area contributed by atoms with E-state index in [4.69, 9.17) is 5.73 Å². The van der Waals surface area contributed by atoms with Gasteiger partial charge < -0.3 is 16.4 Å². The fourth-order valence-corrected chi connectivity index (χ4v) is 3.34. The average molecular weight is 497 g/mol. The molecule has 0 saturated carbocycles. The Balaban J connectivity index is 2.15. The van der Waals surface area contributed by atoms with Gasteiger partial charge in [0.25, 0.3) is 0 Å². The van der Waals surface area contributed by atoms with Crippen molar-refractivity contribution in [3.63, 3.8) is 0 Å². The molecule has 28 heavy (non-hydrogen) atoms. The summed E-state index contributed by atoms with van der Waals surface area (Å²) >= 11 is 2.14. The second-order valence-corrected chi connectivity index (χ2v) is 7.51. The smallest absolute Gasteiger partial charge is 0.243 e. The molecule has 0 aliphatic rings. The van der Waals surface area contributed by atoms with Crippen LogP contribution in [0.2, 0.25) is 0 Å². The summed E-state index contributed by atoms with van der Waals surface area (Å²) in [6.07, 6.45) is 0.310. The minimum Gasteiger partial charge on any atom is -0.368 e. The molecular weight excluding hydrogens is 476 g/mol. The van der Waals surface area contributed by atoms with Gasteiger partial charge in [0, 0.05) is 23.3 Å². The topological polar surface area (TPSA) is 101 Å². The van der Waals surface area contributed by atoms with Crippen LogP contribution in [0.5, 0.6) is 0 Å². The normalized spacial score (nSPS) is 12.7. The van der Waals surface area contributed by atoms with Crippen molar-refractivity contribution in [1.82, 2.24) is 10.6 Å². The van der Waals surface area contributed by atoms with Gasteiger partial charge in [-0.2, -0.15) is 0 Å². The Morgan fingerprint density at radius 2 is 1.75 bits per heavy atom. The summed E-state index contributed by atoms with van der Waals surface area (Å²) in [5.41, 5.74) is 6.88. The first-order valence-corrected chi connectivity index (χ1v) is 9.68. The Morgan fingerprint density at radius 1 is 1.04 bits per heavy atom. The lowest BCUT2D eigenvalue weighted by atomic mass is 10.0. The van der Waals surface area contributed by atoms with Gasteiger partial charge in [-0.15, -0.1) is 0 Å². The molecule has 3 amide bonds. The molecule has 0 spiro atoms. The minimum absolute atomic E-state index is 0.0809. The predicted octanol–water partition coefficient (Wildman–Crippen LogP) is 1.69. The summed E-state index contributed by atoms with van der Waals surface area (Å²) in [5.74, 6) is -2.09. The van der Waals surface area contributed by atoms with Gasteiger partial charge in [0.05, 0.1) is 0 Å². The molecule has 2 atom stereocenters. The molecule has 0 aromatic heterocycles. The number of halogens is 2. The maximum Gasteiger partial charge on any atom is 0.243 e. The molecule has 2 aromatic carbocycles. The fraction of sp³-hybridized carbons (Fsp3) is 0.250. The lowest BCUT2D eigenvalue weighted by molar-refractivity contribution is -0.130. The highest BCUT2D eigenvalue weighted by Crippen LogP contribution is 2.14. The van der Waals surface area contributed by atoms with E-state index in [1.807, 2.05) is 24.3 Å². The zero-order valence-corrected chi connectivity index (χ0v) is 17.4. The van der Waals surface area contributed by atoms with E-state index < -0.39 is 35.6 Å². The molecule has 8 heteroatoms. The van der Waals surface area contributed by atoms with Crippen LogP contribution < -0.4 is 16.4 Å². The summed E-state index contributed by atoms with van der Waals surface area (Å²) in [4.78, 5) is 36.1. The molecule has 0 bridgehead atoms. The predicted molar refractivity (Wildman–Crippen MR) is 112 cm³/mol. The second kappa shape index (κ2) is 10.2. The standard InChI is InChI=1S/C20H21FIN3O3/c1-12(26)24-18(10-13-5-4-7-15(21)9-13)20(28)25-17(19(23)27)11-14-6-2-3-8-16(14)22/h2-9,17-18H,10-11H2,1H3,(H2,23,27)(H,24,26)(H,25,28)/t17-,18+/m1/s1. The van der Waals surface area contributed by atoms with E-state index in [1.54, 1.807) is 6.07 Å². The van der Waals surface area contributed by atoms with Gasteiger partial charge in [0.1, 0.15) is 17.9 Å². The zero-order valence-electron chi connectivity index (χ0n) is 15.2. The number of nitrogens with one attached hydrogen (secondary N) is 2. The molecule has 0 heterocycles. The molecule has 0 unspecified atom stereocenters. The van der Waals surface area contributed by atoms with E-state index in [1.165, 1.54) is 25.1 Å². The molecule has 2 rings (SSSR count). The monoisotopic (exact) mass is 497 g/mol. The Labute approximate surface area is 176 Å². The number of carbonyl (C=O) groups excluding carboxylic acids is 3. The summed E-state index contributed by atoms with van der Waals surface area (Å²) in [6, 6.07) is 11.3. The molecule has 6 nitrogen and oxygen atoms in total. The van der Waals surface area contributed by atoms with Crippen molar-refractivity contribution < 1.29 is 18.8 Å². The maximum atomic E-state index is 13.4. The molecule has 0 fully saturated rings. The first-order chi connectivity index (χ1) is 13.3. The van der Waals surface area contributed by atoms with Crippen molar-refractivity contribution >= 4 is 40.3 Å². The van der Waals surface area contributed by atoms with Crippen molar-refractivity contribution in [2.45, 2.75) is 31.8 Å².